The Hall–Kier alpha value is -2.05. The van der Waals surface area contributed by atoms with Gasteiger partial charge in [-0.2, -0.15) is 0 Å². The predicted molar refractivity (Wildman–Crippen MR) is 106 cm³/mol. The number of anilines is 1. The van der Waals surface area contributed by atoms with Crippen LogP contribution in [-0.4, -0.2) is 27.1 Å². The van der Waals surface area contributed by atoms with Crippen molar-refractivity contribution in [3.8, 4) is 0 Å². The smallest absolute Gasteiger partial charge is 0.241 e. The lowest BCUT2D eigenvalue weighted by molar-refractivity contribution is -0.120. The number of sulfonamides is 1. The van der Waals surface area contributed by atoms with Gasteiger partial charge in [0.1, 0.15) is 6.54 Å². The van der Waals surface area contributed by atoms with Crippen LogP contribution in [0.15, 0.2) is 48.5 Å². The highest BCUT2D eigenvalue weighted by Gasteiger charge is 2.24. The van der Waals surface area contributed by atoms with Crippen LogP contribution < -0.4 is 9.62 Å². The van der Waals surface area contributed by atoms with Crippen molar-refractivity contribution in [2.75, 3.05) is 17.1 Å². The van der Waals surface area contributed by atoms with E-state index in [1.54, 1.807) is 25.1 Å². The standard InChI is InChI=1S/C19H23ClN2O3S/c1-4-17(15-8-6-5-7-9-15)21-19(23)13-22(26(3,24)25)18-12-16(20)11-10-14(18)2/h5-12,17H,4,13H2,1-3H3,(H,21,23). The number of aryl methyl sites for hydroxylation is 1. The number of amides is 1. The molecule has 0 aliphatic rings. The van der Waals surface area contributed by atoms with Crippen LogP contribution in [0.1, 0.15) is 30.5 Å². The summed E-state index contributed by atoms with van der Waals surface area (Å²) in [5.41, 5.74) is 2.11. The van der Waals surface area contributed by atoms with Crippen LogP contribution in [0.3, 0.4) is 0 Å². The fraction of sp³-hybridized carbons (Fsp3) is 0.316. The Kier molecular flexibility index (Phi) is 6.67. The van der Waals surface area contributed by atoms with Crippen LogP contribution in [0.25, 0.3) is 0 Å². The molecule has 2 rings (SSSR count). The fourth-order valence-electron chi connectivity index (χ4n) is 2.71. The summed E-state index contributed by atoms with van der Waals surface area (Å²) in [6.45, 7) is 3.44. The summed E-state index contributed by atoms with van der Waals surface area (Å²) in [5.74, 6) is -0.370. The molecule has 0 aliphatic heterocycles. The highest BCUT2D eigenvalue weighted by atomic mass is 35.5. The number of carbonyl (C=O) groups is 1. The van der Waals surface area contributed by atoms with E-state index in [0.717, 1.165) is 21.7 Å². The summed E-state index contributed by atoms with van der Waals surface area (Å²) in [7, 11) is -3.65. The average Bonchev–Trinajstić information content (AvgIpc) is 2.59. The number of nitrogens with zero attached hydrogens (tertiary/aromatic N) is 1. The van der Waals surface area contributed by atoms with E-state index in [2.05, 4.69) is 5.32 Å². The molecule has 140 valence electrons. The average molecular weight is 395 g/mol. The van der Waals surface area contributed by atoms with Crippen LogP contribution in [0.5, 0.6) is 0 Å². The molecule has 1 amide bonds. The zero-order valence-corrected chi connectivity index (χ0v) is 16.6. The highest BCUT2D eigenvalue weighted by Crippen LogP contribution is 2.26. The Morgan fingerprint density at radius 2 is 1.85 bits per heavy atom. The minimum Gasteiger partial charge on any atom is -0.348 e. The lowest BCUT2D eigenvalue weighted by Gasteiger charge is -2.25. The van der Waals surface area contributed by atoms with Crippen LogP contribution in [0.2, 0.25) is 5.02 Å². The Morgan fingerprint density at radius 1 is 1.19 bits per heavy atom. The van der Waals surface area contributed by atoms with E-state index in [0.29, 0.717) is 17.1 Å². The van der Waals surface area contributed by atoms with Crippen molar-refractivity contribution >= 4 is 33.2 Å². The number of rotatable bonds is 7. The van der Waals surface area contributed by atoms with Gasteiger partial charge >= 0.3 is 0 Å². The molecule has 0 heterocycles. The van der Waals surface area contributed by atoms with Gasteiger partial charge in [-0.3, -0.25) is 9.10 Å². The second-order valence-electron chi connectivity index (χ2n) is 6.14. The normalized spacial score (nSPS) is 12.5. The molecule has 7 heteroatoms. The van der Waals surface area contributed by atoms with Crippen LogP contribution in [0.4, 0.5) is 5.69 Å². The van der Waals surface area contributed by atoms with E-state index >= 15 is 0 Å². The molecule has 1 N–H and O–H groups in total. The first-order valence-electron chi connectivity index (χ1n) is 8.30. The Balaban J connectivity index is 2.23. The number of carbonyl (C=O) groups excluding carboxylic acids is 1. The molecule has 0 bridgehead atoms. The molecule has 0 spiro atoms. The van der Waals surface area contributed by atoms with Gasteiger partial charge in [0.15, 0.2) is 0 Å². The van der Waals surface area contributed by atoms with Gasteiger partial charge in [0, 0.05) is 5.02 Å². The molecule has 5 nitrogen and oxygen atoms in total. The van der Waals surface area contributed by atoms with E-state index in [9.17, 15) is 13.2 Å². The summed E-state index contributed by atoms with van der Waals surface area (Å²) in [6.07, 6.45) is 1.78. The maximum atomic E-state index is 12.6. The van der Waals surface area contributed by atoms with Crippen molar-refractivity contribution in [3.05, 3.63) is 64.7 Å². The minimum absolute atomic E-state index is 0.175. The maximum absolute atomic E-state index is 12.6. The first kappa shape index (κ1) is 20.3. The molecule has 0 aliphatic carbocycles. The topological polar surface area (TPSA) is 66.5 Å². The minimum atomic E-state index is -3.65. The largest absolute Gasteiger partial charge is 0.348 e. The van der Waals surface area contributed by atoms with Crippen molar-refractivity contribution in [1.29, 1.82) is 0 Å². The van der Waals surface area contributed by atoms with Gasteiger partial charge < -0.3 is 5.32 Å². The molecule has 0 fully saturated rings. The quantitative estimate of drug-likeness (QED) is 0.778. The van der Waals surface area contributed by atoms with E-state index in [1.807, 2.05) is 37.3 Å². The Morgan fingerprint density at radius 3 is 2.42 bits per heavy atom. The lowest BCUT2D eigenvalue weighted by Crippen LogP contribution is -2.41. The molecule has 2 aromatic rings. The molecule has 0 aromatic heterocycles. The third-order valence-electron chi connectivity index (χ3n) is 4.07. The van der Waals surface area contributed by atoms with Crippen molar-refractivity contribution in [3.63, 3.8) is 0 Å². The van der Waals surface area contributed by atoms with Gasteiger partial charge in [0.25, 0.3) is 0 Å². The summed E-state index contributed by atoms with van der Waals surface area (Å²) in [6, 6.07) is 14.4. The number of benzene rings is 2. The first-order valence-corrected chi connectivity index (χ1v) is 10.5. The molecular weight excluding hydrogens is 372 g/mol. The Bertz CT molecular complexity index is 870. The van der Waals surface area contributed by atoms with Crippen molar-refractivity contribution < 1.29 is 13.2 Å². The zero-order chi connectivity index (χ0) is 19.3. The van der Waals surface area contributed by atoms with E-state index in [4.69, 9.17) is 11.6 Å². The molecule has 1 atom stereocenters. The number of hydrogen-bond acceptors (Lipinski definition) is 3. The van der Waals surface area contributed by atoms with Gasteiger partial charge in [0.05, 0.1) is 18.0 Å². The molecule has 2 aromatic carbocycles. The van der Waals surface area contributed by atoms with Crippen molar-refractivity contribution in [2.24, 2.45) is 0 Å². The van der Waals surface area contributed by atoms with Crippen LogP contribution >= 0.6 is 11.6 Å². The van der Waals surface area contributed by atoms with E-state index in [-0.39, 0.29) is 18.5 Å². The lowest BCUT2D eigenvalue weighted by atomic mass is 10.0. The molecule has 0 radical (unpaired) electrons. The summed E-state index contributed by atoms with van der Waals surface area (Å²) in [5, 5.41) is 3.32. The summed E-state index contributed by atoms with van der Waals surface area (Å²) < 4.78 is 25.6. The van der Waals surface area contributed by atoms with Gasteiger partial charge in [-0.25, -0.2) is 8.42 Å². The highest BCUT2D eigenvalue weighted by molar-refractivity contribution is 7.92. The van der Waals surface area contributed by atoms with Gasteiger partial charge in [-0.15, -0.1) is 0 Å². The van der Waals surface area contributed by atoms with Gasteiger partial charge in [0.2, 0.25) is 15.9 Å². The summed E-state index contributed by atoms with van der Waals surface area (Å²) >= 11 is 6.01. The zero-order valence-electron chi connectivity index (χ0n) is 15.1. The second-order valence-corrected chi connectivity index (χ2v) is 8.48. The number of hydrogen-bond donors (Lipinski definition) is 1. The number of nitrogens with one attached hydrogen (secondary N) is 1. The monoisotopic (exact) mass is 394 g/mol. The number of halogens is 1. The Labute approximate surface area is 160 Å². The molecule has 1 unspecified atom stereocenters. The van der Waals surface area contributed by atoms with Crippen LogP contribution in [-0.2, 0) is 14.8 Å². The van der Waals surface area contributed by atoms with E-state index in [1.165, 1.54) is 0 Å². The maximum Gasteiger partial charge on any atom is 0.241 e. The SMILES string of the molecule is CCC(NC(=O)CN(c1cc(Cl)ccc1C)S(C)(=O)=O)c1ccccc1. The van der Waals surface area contributed by atoms with Crippen molar-refractivity contribution in [2.45, 2.75) is 26.3 Å². The molecule has 26 heavy (non-hydrogen) atoms. The first-order chi connectivity index (χ1) is 12.2. The van der Waals surface area contributed by atoms with Gasteiger partial charge in [-0.1, -0.05) is 54.9 Å². The van der Waals surface area contributed by atoms with Crippen LogP contribution in [0, 0.1) is 6.92 Å². The molecule has 0 saturated carbocycles. The van der Waals surface area contributed by atoms with Gasteiger partial charge in [-0.05, 0) is 36.6 Å². The third kappa shape index (κ3) is 5.22. The van der Waals surface area contributed by atoms with E-state index < -0.39 is 10.0 Å². The molecular formula is C19H23ClN2O3S. The summed E-state index contributed by atoms with van der Waals surface area (Å²) in [4.78, 5) is 12.6. The third-order valence-corrected chi connectivity index (χ3v) is 5.43. The fourth-order valence-corrected chi connectivity index (χ4v) is 3.78. The second kappa shape index (κ2) is 8.56. The molecule has 0 saturated heterocycles. The van der Waals surface area contributed by atoms with Crippen molar-refractivity contribution in [1.82, 2.24) is 5.32 Å². The predicted octanol–water partition coefficient (Wildman–Crippen LogP) is 3.68.